The first-order chi connectivity index (χ1) is 8.68. The topological polar surface area (TPSA) is 75.9 Å². The Hall–Kier alpha value is -2.09. The standard InChI is InChI=1S/C10H11F2N5O/c11-9(12)8(18)6-13-10-14-15-16-17(10)7-4-2-1-3-5-7/h1-5,8-9,18H,6H2,(H,13,14,16). The minimum atomic E-state index is -2.81. The molecule has 2 aromatic rings. The van der Waals surface area contributed by atoms with Crippen molar-refractivity contribution in [2.45, 2.75) is 12.5 Å². The van der Waals surface area contributed by atoms with E-state index in [2.05, 4.69) is 20.8 Å². The number of anilines is 1. The van der Waals surface area contributed by atoms with Crippen LogP contribution in [0.2, 0.25) is 0 Å². The molecule has 96 valence electrons. The number of halogens is 2. The van der Waals surface area contributed by atoms with E-state index in [4.69, 9.17) is 5.11 Å². The third-order valence-corrected chi connectivity index (χ3v) is 2.23. The van der Waals surface area contributed by atoms with Gasteiger partial charge >= 0.3 is 0 Å². The van der Waals surface area contributed by atoms with Gasteiger partial charge in [0, 0.05) is 6.54 Å². The quantitative estimate of drug-likeness (QED) is 0.822. The molecule has 1 atom stereocenters. The van der Waals surface area contributed by atoms with Crippen LogP contribution in [0.3, 0.4) is 0 Å². The van der Waals surface area contributed by atoms with Crippen molar-refractivity contribution in [3.8, 4) is 5.69 Å². The summed E-state index contributed by atoms with van der Waals surface area (Å²) in [6, 6.07) is 8.97. The number of rotatable bonds is 5. The largest absolute Gasteiger partial charge is 0.385 e. The molecule has 8 heteroatoms. The highest BCUT2D eigenvalue weighted by Crippen LogP contribution is 2.11. The molecule has 6 nitrogen and oxygen atoms in total. The predicted octanol–water partition coefficient (Wildman–Crippen LogP) is 0.700. The van der Waals surface area contributed by atoms with Crippen LogP contribution in [0.25, 0.3) is 5.69 Å². The van der Waals surface area contributed by atoms with Gasteiger partial charge < -0.3 is 10.4 Å². The van der Waals surface area contributed by atoms with E-state index >= 15 is 0 Å². The molecule has 0 saturated heterocycles. The van der Waals surface area contributed by atoms with Crippen LogP contribution >= 0.6 is 0 Å². The number of tetrazole rings is 1. The summed E-state index contributed by atoms with van der Waals surface area (Å²) >= 11 is 0. The highest BCUT2D eigenvalue weighted by atomic mass is 19.3. The fourth-order valence-electron chi connectivity index (χ4n) is 1.33. The number of aromatic nitrogens is 4. The molecule has 0 aliphatic carbocycles. The lowest BCUT2D eigenvalue weighted by Gasteiger charge is -2.11. The highest BCUT2D eigenvalue weighted by molar-refractivity contribution is 5.38. The van der Waals surface area contributed by atoms with Gasteiger partial charge in [-0.2, -0.15) is 4.68 Å². The van der Waals surface area contributed by atoms with Crippen molar-refractivity contribution in [2.75, 3.05) is 11.9 Å². The fourth-order valence-corrected chi connectivity index (χ4v) is 1.33. The number of nitrogens with one attached hydrogen (secondary N) is 1. The van der Waals surface area contributed by atoms with Crippen LogP contribution in [0.15, 0.2) is 30.3 Å². The van der Waals surface area contributed by atoms with E-state index in [1.165, 1.54) is 4.68 Å². The minimum Gasteiger partial charge on any atom is -0.385 e. The van der Waals surface area contributed by atoms with Crippen LogP contribution < -0.4 is 5.32 Å². The molecule has 2 rings (SSSR count). The monoisotopic (exact) mass is 255 g/mol. The van der Waals surface area contributed by atoms with Gasteiger partial charge in [0.2, 0.25) is 5.95 Å². The Kier molecular flexibility index (Phi) is 3.78. The van der Waals surface area contributed by atoms with Crippen molar-refractivity contribution >= 4 is 5.95 Å². The summed E-state index contributed by atoms with van der Waals surface area (Å²) in [6.45, 7) is -0.328. The average Bonchev–Trinajstić information content (AvgIpc) is 2.85. The third kappa shape index (κ3) is 2.77. The normalized spacial score (nSPS) is 12.7. The zero-order valence-electron chi connectivity index (χ0n) is 9.24. The van der Waals surface area contributed by atoms with E-state index in [1.807, 2.05) is 6.07 Å². The third-order valence-electron chi connectivity index (χ3n) is 2.23. The Balaban J connectivity index is 2.09. The summed E-state index contributed by atoms with van der Waals surface area (Å²) < 4.78 is 25.6. The number of hydrogen-bond donors (Lipinski definition) is 2. The second-order valence-corrected chi connectivity index (χ2v) is 3.53. The molecule has 0 spiro atoms. The van der Waals surface area contributed by atoms with Crippen LogP contribution in [0.1, 0.15) is 0 Å². The molecular weight excluding hydrogens is 244 g/mol. The van der Waals surface area contributed by atoms with E-state index < -0.39 is 12.5 Å². The zero-order valence-corrected chi connectivity index (χ0v) is 9.24. The highest BCUT2D eigenvalue weighted by Gasteiger charge is 2.17. The summed E-state index contributed by atoms with van der Waals surface area (Å²) in [4.78, 5) is 0. The van der Waals surface area contributed by atoms with E-state index in [0.29, 0.717) is 5.69 Å². The lowest BCUT2D eigenvalue weighted by molar-refractivity contribution is 0.00374. The minimum absolute atomic E-state index is 0.195. The molecule has 0 aliphatic rings. The van der Waals surface area contributed by atoms with Crippen LogP contribution in [-0.2, 0) is 0 Å². The van der Waals surface area contributed by atoms with Gasteiger partial charge in [-0.25, -0.2) is 8.78 Å². The molecule has 1 unspecified atom stereocenters. The molecule has 0 saturated carbocycles. The molecule has 0 radical (unpaired) electrons. The summed E-state index contributed by atoms with van der Waals surface area (Å²) in [7, 11) is 0. The van der Waals surface area contributed by atoms with Crippen molar-refractivity contribution in [3.63, 3.8) is 0 Å². The predicted molar refractivity (Wildman–Crippen MR) is 59.7 cm³/mol. The summed E-state index contributed by atoms with van der Waals surface area (Å²) in [6.07, 6.45) is -4.57. The van der Waals surface area contributed by atoms with Crippen molar-refractivity contribution in [1.82, 2.24) is 20.2 Å². The molecule has 0 amide bonds. The Labute approximate surface area is 101 Å². The van der Waals surface area contributed by atoms with E-state index in [1.54, 1.807) is 24.3 Å². The molecule has 2 N–H and O–H groups in total. The molecule has 0 fully saturated rings. The average molecular weight is 255 g/mol. The molecule has 0 bridgehead atoms. The Morgan fingerprint density at radius 2 is 2.00 bits per heavy atom. The Bertz CT molecular complexity index is 490. The first-order valence-corrected chi connectivity index (χ1v) is 5.22. The van der Waals surface area contributed by atoms with E-state index in [-0.39, 0.29) is 12.5 Å². The second-order valence-electron chi connectivity index (χ2n) is 3.53. The number of hydrogen-bond acceptors (Lipinski definition) is 5. The number of para-hydroxylation sites is 1. The van der Waals surface area contributed by atoms with Gasteiger partial charge in [0.1, 0.15) is 6.10 Å². The Morgan fingerprint density at radius 3 is 2.67 bits per heavy atom. The maximum Gasteiger partial charge on any atom is 0.265 e. The van der Waals surface area contributed by atoms with Crippen molar-refractivity contribution in [3.05, 3.63) is 30.3 Å². The molecule has 1 aromatic heterocycles. The zero-order chi connectivity index (χ0) is 13.0. The van der Waals surface area contributed by atoms with E-state index in [9.17, 15) is 8.78 Å². The van der Waals surface area contributed by atoms with Crippen LogP contribution in [-0.4, -0.2) is 44.4 Å². The first-order valence-electron chi connectivity index (χ1n) is 5.22. The Morgan fingerprint density at radius 1 is 1.28 bits per heavy atom. The van der Waals surface area contributed by atoms with E-state index in [0.717, 1.165) is 0 Å². The van der Waals surface area contributed by atoms with Crippen LogP contribution in [0.5, 0.6) is 0 Å². The lowest BCUT2D eigenvalue weighted by Crippen LogP contribution is -2.27. The fraction of sp³-hybridized carbons (Fsp3) is 0.300. The number of aliphatic hydroxyl groups excluding tert-OH is 1. The van der Waals surface area contributed by atoms with Crippen LogP contribution in [0, 0.1) is 0 Å². The molecule has 18 heavy (non-hydrogen) atoms. The molecule has 1 heterocycles. The number of nitrogens with zero attached hydrogens (tertiary/aromatic N) is 4. The summed E-state index contributed by atoms with van der Waals surface area (Å²) in [5, 5.41) is 22.4. The summed E-state index contributed by atoms with van der Waals surface area (Å²) in [5.74, 6) is 0.195. The van der Waals surface area contributed by atoms with Gasteiger partial charge in [-0.15, -0.1) is 0 Å². The SMILES string of the molecule is OC(CNc1nnnn1-c1ccccc1)C(F)F. The lowest BCUT2D eigenvalue weighted by atomic mass is 10.3. The second kappa shape index (κ2) is 5.50. The van der Waals surface area contributed by atoms with Crippen molar-refractivity contribution in [1.29, 1.82) is 0 Å². The van der Waals surface area contributed by atoms with Gasteiger partial charge in [-0.3, -0.25) is 0 Å². The van der Waals surface area contributed by atoms with Crippen molar-refractivity contribution < 1.29 is 13.9 Å². The molecule has 1 aromatic carbocycles. The maximum absolute atomic E-state index is 12.1. The maximum atomic E-state index is 12.1. The van der Waals surface area contributed by atoms with Gasteiger partial charge in [0.15, 0.2) is 0 Å². The smallest absolute Gasteiger partial charge is 0.265 e. The van der Waals surface area contributed by atoms with Gasteiger partial charge in [-0.05, 0) is 22.6 Å². The summed E-state index contributed by atoms with van der Waals surface area (Å²) in [5.41, 5.74) is 0.691. The number of aliphatic hydroxyl groups is 1. The first kappa shape index (κ1) is 12.4. The number of benzene rings is 1. The van der Waals surface area contributed by atoms with Gasteiger partial charge in [0.05, 0.1) is 5.69 Å². The van der Waals surface area contributed by atoms with Gasteiger partial charge in [0.25, 0.3) is 6.43 Å². The van der Waals surface area contributed by atoms with Crippen LogP contribution in [0.4, 0.5) is 14.7 Å². The number of alkyl halides is 2. The molecular formula is C10H11F2N5O. The van der Waals surface area contributed by atoms with Gasteiger partial charge in [-0.1, -0.05) is 23.3 Å². The van der Waals surface area contributed by atoms with Crippen molar-refractivity contribution in [2.24, 2.45) is 0 Å². The molecule has 0 aliphatic heterocycles.